The van der Waals surface area contributed by atoms with Crippen LogP contribution in [0.3, 0.4) is 0 Å². The number of fused-ring (bicyclic) bond motifs is 2. The number of carbonyl (C=O) groups excluding carboxylic acids is 3. The third-order valence-electron chi connectivity index (χ3n) is 7.39. The molecule has 0 bridgehead atoms. The SMILES string of the molecule is COCC1CCCN1C(=O)c1cc2nccc(Oc3ccc4c(c3)cc(C)n4C(=O)OC3(C(N)=O)CC3)c2s1. The molecule has 2 amide bonds. The quantitative estimate of drug-likeness (QED) is 0.358. The standard InChI is InChI=1S/C28H28N4O6S/c1-16-12-17-13-19(5-6-21(17)32(16)27(35)38-28(8-9-28)26(29)34)37-22-7-10-30-20-14-23(39-24(20)22)25(33)31-11-3-4-18(31)15-36-2/h5-7,10,12-14,18H,3-4,8-9,11,15H2,1-2H3,(H2,29,34). The minimum atomic E-state index is -1.20. The number of primary amides is 1. The fourth-order valence-corrected chi connectivity index (χ4v) is 6.22. The smallest absolute Gasteiger partial charge is 0.419 e. The second kappa shape index (κ2) is 9.65. The Kier molecular flexibility index (Phi) is 6.27. The zero-order valence-electron chi connectivity index (χ0n) is 21.6. The Morgan fingerprint density at radius 3 is 2.74 bits per heavy atom. The van der Waals surface area contributed by atoms with Gasteiger partial charge in [0.25, 0.3) is 11.8 Å². The molecular formula is C28H28N4O6S. The van der Waals surface area contributed by atoms with Crippen LogP contribution in [0.25, 0.3) is 21.1 Å². The number of aryl methyl sites for hydroxylation is 1. The number of nitrogens with zero attached hydrogens (tertiary/aromatic N) is 3. The van der Waals surface area contributed by atoms with Gasteiger partial charge in [0.2, 0.25) is 0 Å². The molecule has 4 heterocycles. The monoisotopic (exact) mass is 548 g/mol. The third kappa shape index (κ3) is 4.51. The number of carbonyl (C=O) groups is 3. The Labute approximate surface area is 228 Å². The fourth-order valence-electron chi connectivity index (χ4n) is 5.20. The molecule has 2 aliphatic rings. The summed E-state index contributed by atoms with van der Waals surface area (Å²) in [6.07, 6.45) is 3.79. The van der Waals surface area contributed by atoms with Gasteiger partial charge < -0.3 is 24.8 Å². The van der Waals surface area contributed by atoms with E-state index in [-0.39, 0.29) is 11.9 Å². The Morgan fingerprint density at radius 1 is 1.18 bits per heavy atom. The van der Waals surface area contributed by atoms with Crippen molar-refractivity contribution in [1.29, 1.82) is 0 Å². The maximum Gasteiger partial charge on any atom is 0.419 e. The van der Waals surface area contributed by atoms with E-state index in [4.69, 9.17) is 19.9 Å². The van der Waals surface area contributed by atoms with Gasteiger partial charge in [0.05, 0.1) is 33.3 Å². The Morgan fingerprint density at radius 2 is 2.00 bits per heavy atom. The highest BCUT2D eigenvalue weighted by molar-refractivity contribution is 7.21. The zero-order chi connectivity index (χ0) is 27.3. The predicted molar refractivity (Wildman–Crippen MR) is 145 cm³/mol. The lowest BCUT2D eigenvalue weighted by atomic mass is 10.2. The molecule has 0 spiro atoms. The topological polar surface area (TPSA) is 126 Å². The average molecular weight is 549 g/mol. The number of benzene rings is 1. The van der Waals surface area contributed by atoms with Gasteiger partial charge in [0.15, 0.2) is 5.60 Å². The van der Waals surface area contributed by atoms with E-state index < -0.39 is 17.6 Å². The van der Waals surface area contributed by atoms with Crippen molar-refractivity contribution in [2.75, 3.05) is 20.3 Å². The van der Waals surface area contributed by atoms with Crippen molar-refractivity contribution >= 4 is 50.4 Å². The van der Waals surface area contributed by atoms with Gasteiger partial charge in [-0.1, -0.05) is 0 Å². The first kappa shape index (κ1) is 25.3. The summed E-state index contributed by atoms with van der Waals surface area (Å²) < 4.78 is 19.2. The summed E-state index contributed by atoms with van der Waals surface area (Å²) in [5.74, 6) is 0.513. The molecule has 1 aliphatic carbocycles. The third-order valence-corrected chi connectivity index (χ3v) is 8.51. The summed E-state index contributed by atoms with van der Waals surface area (Å²) in [4.78, 5) is 44.8. The molecule has 4 aromatic rings. The zero-order valence-corrected chi connectivity index (χ0v) is 22.5. The van der Waals surface area contributed by atoms with Crippen molar-refractivity contribution in [3.63, 3.8) is 0 Å². The van der Waals surface area contributed by atoms with Gasteiger partial charge in [-0.2, -0.15) is 0 Å². The van der Waals surface area contributed by atoms with Crippen molar-refractivity contribution < 1.29 is 28.6 Å². The number of rotatable bonds is 7. The van der Waals surface area contributed by atoms with E-state index in [0.717, 1.165) is 22.9 Å². The maximum absolute atomic E-state index is 13.3. The van der Waals surface area contributed by atoms with E-state index >= 15 is 0 Å². The van der Waals surface area contributed by atoms with Crippen LogP contribution in [0.2, 0.25) is 0 Å². The van der Waals surface area contributed by atoms with E-state index in [1.807, 2.05) is 23.1 Å². The number of amides is 2. The van der Waals surface area contributed by atoms with Crippen LogP contribution < -0.4 is 10.5 Å². The minimum absolute atomic E-state index is 0.0158. The number of nitrogens with two attached hydrogens (primary N) is 1. The van der Waals surface area contributed by atoms with Gasteiger partial charge in [-0.05, 0) is 50.1 Å². The molecular weight excluding hydrogens is 520 g/mol. The summed E-state index contributed by atoms with van der Waals surface area (Å²) in [6, 6.07) is 10.9. The Hall–Kier alpha value is -3.96. The van der Waals surface area contributed by atoms with Crippen molar-refractivity contribution in [1.82, 2.24) is 14.5 Å². The normalized spacial score (nSPS) is 18.0. The first-order chi connectivity index (χ1) is 18.8. The molecule has 1 unspecified atom stereocenters. The van der Waals surface area contributed by atoms with Crippen molar-refractivity contribution in [3.05, 3.63) is 53.2 Å². The van der Waals surface area contributed by atoms with Gasteiger partial charge >= 0.3 is 6.09 Å². The molecule has 1 aliphatic heterocycles. The number of ether oxygens (including phenoxy) is 3. The lowest BCUT2D eigenvalue weighted by Crippen LogP contribution is -2.37. The second-order valence-electron chi connectivity index (χ2n) is 10.1. The molecule has 11 heteroatoms. The van der Waals surface area contributed by atoms with Crippen LogP contribution >= 0.6 is 11.3 Å². The lowest BCUT2D eigenvalue weighted by molar-refractivity contribution is -0.128. The molecule has 39 heavy (non-hydrogen) atoms. The maximum atomic E-state index is 13.3. The molecule has 2 fully saturated rings. The van der Waals surface area contributed by atoms with E-state index in [0.29, 0.717) is 59.1 Å². The van der Waals surface area contributed by atoms with Crippen LogP contribution in [0.4, 0.5) is 4.79 Å². The van der Waals surface area contributed by atoms with E-state index in [1.54, 1.807) is 38.4 Å². The van der Waals surface area contributed by atoms with Crippen molar-refractivity contribution in [2.24, 2.45) is 5.73 Å². The number of methoxy groups -OCH3 is 1. The van der Waals surface area contributed by atoms with Crippen LogP contribution in [-0.2, 0) is 14.3 Å². The van der Waals surface area contributed by atoms with Crippen LogP contribution in [0, 0.1) is 6.92 Å². The number of hydrogen-bond donors (Lipinski definition) is 1. The predicted octanol–water partition coefficient (Wildman–Crippen LogP) is 4.61. The molecule has 1 atom stereocenters. The Bertz CT molecular complexity index is 1620. The number of thiophene rings is 1. The summed E-state index contributed by atoms with van der Waals surface area (Å²) in [6.45, 7) is 3.03. The van der Waals surface area contributed by atoms with Crippen LogP contribution in [-0.4, -0.2) is 64.3 Å². The number of pyridine rings is 1. The molecule has 202 valence electrons. The Balaban J connectivity index is 1.26. The van der Waals surface area contributed by atoms with Gasteiger partial charge in [-0.3, -0.25) is 14.6 Å². The summed E-state index contributed by atoms with van der Waals surface area (Å²) >= 11 is 1.36. The molecule has 1 saturated heterocycles. The molecule has 2 N–H and O–H groups in total. The van der Waals surface area contributed by atoms with Gasteiger partial charge in [0, 0.05) is 49.8 Å². The largest absolute Gasteiger partial charge is 0.456 e. The van der Waals surface area contributed by atoms with Crippen LogP contribution in [0.1, 0.15) is 41.0 Å². The van der Waals surface area contributed by atoms with Crippen LogP contribution in [0.15, 0.2) is 42.6 Å². The van der Waals surface area contributed by atoms with E-state index in [2.05, 4.69) is 4.98 Å². The first-order valence-corrected chi connectivity index (χ1v) is 13.6. The van der Waals surface area contributed by atoms with Gasteiger partial charge in [-0.15, -0.1) is 11.3 Å². The van der Waals surface area contributed by atoms with Gasteiger partial charge in [-0.25, -0.2) is 9.36 Å². The molecule has 0 radical (unpaired) electrons. The van der Waals surface area contributed by atoms with Crippen molar-refractivity contribution in [3.8, 4) is 11.5 Å². The highest BCUT2D eigenvalue weighted by atomic mass is 32.1. The highest BCUT2D eigenvalue weighted by Crippen LogP contribution is 2.40. The molecule has 6 rings (SSSR count). The second-order valence-corrected chi connectivity index (χ2v) is 11.1. The molecule has 1 saturated carbocycles. The highest BCUT2D eigenvalue weighted by Gasteiger charge is 2.53. The number of likely N-dealkylation sites (tertiary alicyclic amines) is 1. The molecule has 3 aromatic heterocycles. The molecule has 10 nitrogen and oxygen atoms in total. The average Bonchev–Trinajstić information content (AvgIpc) is 3.23. The summed E-state index contributed by atoms with van der Waals surface area (Å²) in [5, 5.41) is 0.774. The van der Waals surface area contributed by atoms with E-state index in [1.165, 1.54) is 15.9 Å². The summed E-state index contributed by atoms with van der Waals surface area (Å²) in [5.41, 5.74) is 6.20. The number of hydrogen-bond acceptors (Lipinski definition) is 8. The van der Waals surface area contributed by atoms with Crippen LogP contribution in [0.5, 0.6) is 11.5 Å². The van der Waals surface area contributed by atoms with Gasteiger partial charge in [0.1, 0.15) is 11.5 Å². The minimum Gasteiger partial charge on any atom is -0.456 e. The molecule has 1 aromatic carbocycles. The first-order valence-electron chi connectivity index (χ1n) is 12.8. The lowest BCUT2D eigenvalue weighted by Gasteiger charge is -2.23. The summed E-state index contributed by atoms with van der Waals surface area (Å²) in [7, 11) is 1.65. The van der Waals surface area contributed by atoms with Crippen molar-refractivity contribution in [2.45, 2.75) is 44.2 Å². The fraction of sp³-hybridized carbons (Fsp3) is 0.357. The van der Waals surface area contributed by atoms with E-state index in [9.17, 15) is 14.4 Å². The number of aromatic nitrogens is 2.